The van der Waals surface area contributed by atoms with E-state index in [1.165, 1.54) is 11.1 Å². The first kappa shape index (κ1) is 15.7. The first-order valence-corrected chi connectivity index (χ1v) is 8.35. The molecule has 0 atom stereocenters. The van der Waals surface area contributed by atoms with E-state index < -0.39 is 0 Å². The van der Waals surface area contributed by atoms with E-state index in [1.807, 2.05) is 0 Å². The third kappa shape index (κ3) is 4.97. The Morgan fingerprint density at radius 3 is 3.00 bits per heavy atom. The highest BCUT2D eigenvalue weighted by molar-refractivity contribution is 7.13. The van der Waals surface area contributed by atoms with Gasteiger partial charge in [-0.05, 0) is 19.4 Å². The predicted octanol–water partition coefficient (Wildman–Crippen LogP) is 3.97. The summed E-state index contributed by atoms with van der Waals surface area (Å²) in [6.45, 7) is 4.85. The molecular formula is C17H22N2OS. The Labute approximate surface area is 130 Å². The fourth-order valence-electron chi connectivity index (χ4n) is 2.09. The number of nitrogens with zero attached hydrogens (tertiary/aromatic N) is 1. The molecular weight excluding hydrogens is 280 g/mol. The van der Waals surface area contributed by atoms with Crippen molar-refractivity contribution in [2.75, 3.05) is 6.54 Å². The van der Waals surface area contributed by atoms with Gasteiger partial charge < -0.3 is 5.32 Å². The number of unbranched alkanes of at least 4 members (excludes halogenated alkanes) is 1. The summed E-state index contributed by atoms with van der Waals surface area (Å²) in [6, 6.07) is 8.38. The Bertz CT molecular complexity index is 592. The third-order valence-electron chi connectivity index (χ3n) is 3.28. The third-order valence-corrected chi connectivity index (χ3v) is 4.22. The average molecular weight is 302 g/mol. The summed E-state index contributed by atoms with van der Waals surface area (Å²) in [5.74, 6) is 0.144. The molecule has 1 amide bonds. The molecule has 2 rings (SSSR count). The lowest BCUT2D eigenvalue weighted by atomic mass is 10.1. The molecule has 3 nitrogen and oxygen atoms in total. The first-order valence-electron chi connectivity index (χ1n) is 7.47. The van der Waals surface area contributed by atoms with Crippen molar-refractivity contribution in [2.45, 2.75) is 39.5 Å². The highest BCUT2D eigenvalue weighted by Crippen LogP contribution is 2.24. The van der Waals surface area contributed by atoms with Crippen molar-refractivity contribution in [3.05, 3.63) is 40.9 Å². The molecule has 1 N–H and O–H groups in total. The van der Waals surface area contributed by atoms with Crippen molar-refractivity contribution in [3.63, 3.8) is 0 Å². The van der Waals surface area contributed by atoms with E-state index >= 15 is 0 Å². The fourth-order valence-corrected chi connectivity index (χ4v) is 2.94. The van der Waals surface area contributed by atoms with Crippen LogP contribution in [0.1, 0.15) is 37.4 Å². The lowest BCUT2D eigenvalue weighted by molar-refractivity contribution is -0.121. The Morgan fingerprint density at radius 2 is 2.24 bits per heavy atom. The molecule has 0 aliphatic heterocycles. The maximum absolute atomic E-state index is 11.5. The number of carbonyl (C=O) groups is 1. The molecule has 21 heavy (non-hydrogen) atoms. The van der Waals surface area contributed by atoms with Crippen molar-refractivity contribution >= 4 is 17.2 Å². The second-order valence-corrected chi connectivity index (χ2v) is 6.08. The van der Waals surface area contributed by atoms with Crippen LogP contribution in [0.2, 0.25) is 0 Å². The molecule has 0 bridgehead atoms. The molecule has 0 fully saturated rings. The topological polar surface area (TPSA) is 42.0 Å². The van der Waals surface area contributed by atoms with E-state index in [-0.39, 0.29) is 5.91 Å². The van der Waals surface area contributed by atoms with Crippen molar-refractivity contribution in [3.8, 4) is 10.6 Å². The van der Waals surface area contributed by atoms with Crippen LogP contribution < -0.4 is 5.32 Å². The summed E-state index contributed by atoms with van der Waals surface area (Å²) < 4.78 is 0. The molecule has 0 spiro atoms. The normalized spacial score (nSPS) is 10.6. The van der Waals surface area contributed by atoms with E-state index in [1.54, 1.807) is 11.3 Å². The fraction of sp³-hybridized carbons (Fsp3) is 0.412. The van der Waals surface area contributed by atoms with E-state index in [0.717, 1.165) is 30.0 Å². The highest BCUT2D eigenvalue weighted by Gasteiger charge is 2.06. The largest absolute Gasteiger partial charge is 0.356 e. The SMILES string of the molecule is CCCCC(=O)NCCc1csc(-c2cccc(C)c2)n1. The van der Waals surface area contributed by atoms with Crippen LogP contribution in [0, 0.1) is 6.92 Å². The first-order chi connectivity index (χ1) is 10.2. The second kappa shape index (κ2) is 7.93. The Kier molecular flexibility index (Phi) is 5.93. The number of thiazole rings is 1. The number of hydrogen-bond donors (Lipinski definition) is 1. The number of rotatable bonds is 7. The smallest absolute Gasteiger partial charge is 0.220 e. The van der Waals surface area contributed by atoms with Gasteiger partial charge in [0.15, 0.2) is 0 Å². The van der Waals surface area contributed by atoms with Crippen LogP contribution in [-0.4, -0.2) is 17.4 Å². The number of benzene rings is 1. The second-order valence-electron chi connectivity index (χ2n) is 5.22. The molecule has 4 heteroatoms. The van der Waals surface area contributed by atoms with Gasteiger partial charge in [-0.25, -0.2) is 4.98 Å². The number of aryl methyl sites for hydroxylation is 1. The summed E-state index contributed by atoms with van der Waals surface area (Å²) in [5, 5.41) is 6.08. The van der Waals surface area contributed by atoms with Gasteiger partial charge in [0.1, 0.15) is 5.01 Å². The summed E-state index contributed by atoms with van der Waals surface area (Å²) in [7, 11) is 0. The van der Waals surface area contributed by atoms with Crippen molar-refractivity contribution < 1.29 is 4.79 Å². The zero-order valence-corrected chi connectivity index (χ0v) is 13.5. The van der Waals surface area contributed by atoms with Gasteiger partial charge in [0.2, 0.25) is 5.91 Å². The number of nitrogens with one attached hydrogen (secondary N) is 1. The molecule has 0 unspecified atom stereocenters. The minimum atomic E-state index is 0.144. The van der Waals surface area contributed by atoms with Gasteiger partial charge in [0, 0.05) is 30.3 Å². The van der Waals surface area contributed by atoms with Gasteiger partial charge in [0.05, 0.1) is 5.69 Å². The summed E-state index contributed by atoms with van der Waals surface area (Å²) >= 11 is 1.66. The van der Waals surface area contributed by atoms with Gasteiger partial charge >= 0.3 is 0 Å². The molecule has 0 aliphatic carbocycles. The lowest BCUT2D eigenvalue weighted by Gasteiger charge is -2.02. The van der Waals surface area contributed by atoms with Crippen LogP contribution in [0.15, 0.2) is 29.6 Å². The quantitative estimate of drug-likeness (QED) is 0.841. The Hall–Kier alpha value is -1.68. The molecule has 1 aromatic carbocycles. The number of aromatic nitrogens is 1. The van der Waals surface area contributed by atoms with Crippen molar-refractivity contribution in [2.24, 2.45) is 0 Å². The zero-order chi connectivity index (χ0) is 15.1. The number of carbonyl (C=O) groups excluding carboxylic acids is 1. The summed E-state index contributed by atoms with van der Waals surface area (Å²) in [4.78, 5) is 16.2. The Balaban J connectivity index is 1.85. The molecule has 0 saturated heterocycles. The van der Waals surface area contributed by atoms with Crippen molar-refractivity contribution in [1.82, 2.24) is 10.3 Å². The minimum Gasteiger partial charge on any atom is -0.356 e. The zero-order valence-electron chi connectivity index (χ0n) is 12.7. The van der Waals surface area contributed by atoms with Gasteiger partial charge in [-0.15, -0.1) is 11.3 Å². The van der Waals surface area contributed by atoms with E-state index in [0.29, 0.717) is 13.0 Å². The van der Waals surface area contributed by atoms with Crippen LogP contribution in [0.25, 0.3) is 10.6 Å². The van der Waals surface area contributed by atoms with Crippen LogP contribution >= 0.6 is 11.3 Å². The lowest BCUT2D eigenvalue weighted by Crippen LogP contribution is -2.25. The summed E-state index contributed by atoms with van der Waals surface area (Å²) in [5.41, 5.74) is 3.46. The molecule has 112 valence electrons. The molecule has 0 saturated carbocycles. The van der Waals surface area contributed by atoms with E-state index in [4.69, 9.17) is 0 Å². The van der Waals surface area contributed by atoms with Gasteiger partial charge in [-0.2, -0.15) is 0 Å². The molecule has 1 heterocycles. The van der Waals surface area contributed by atoms with Crippen LogP contribution in [0.3, 0.4) is 0 Å². The molecule has 2 aromatic rings. The Morgan fingerprint density at radius 1 is 1.38 bits per heavy atom. The predicted molar refractivity (Wildman–Crippen MR) is 88.5 cm³/mol. The van der Waals surface area contributed by atoms with Crippen LogP contribution in [0.5, 0.6) is 0 Å². The molecule has 0 aliphatic rings. The maximum atomic E-state index is 11.5. The van der Waals surface area contributed by atoms with Gasteiger partial charge in [-0.3, -0.25) is 4.79 Å². The van der Waals surface area contributed by atoms with Gasteiger partial charge in [-0.1, -0.05) is 37.1 Å². The standard InChI is InChI=1S/C17H22N2OS/c1-3-4-8-16(20)18-10-9-15-12-21-17(19-15)14-7-5-6-13(2)11-14/h5-7,11-12H,3-4,8-10H2,1-2H3,(H,18,20). The number of hydrogen-bond acceptors (Lipinski definition) is 3. The number of amides is 1. The van der Waals surface area contributed by atoms with E-state index in [9.17, 15) is 4.79 Å². The monoisotopic (exact) mass is 302 g/mol. The van der Waals surface area contributed by atoms with Gasteiger partial charge in [0.25, 0.3) is 0 Å². The van der Waals surface area contributed by atoms with Crippen LogP contribution in [-0.2, 0) is 11.2 Å². The molecule has 0 radical (unpaired) electrons. The van der Waals surface area contributed by atoms with E-state index in [2.05, 4.69) is 53.8 Å². The molecule has 1 aromatic heterocycles. The minimum absolute atomic E-state index is 0.144. The average Bonchev–Trinajstić information content (AvgIpc) is 2.94. The maximum Gasteiger partial charge on any atom is 0.220 e. The van der Waals surface area contributed by atoms with Crippen LogP contribution in [0.4, 0.5) is 0 Å². The van der Waals surface area contributed by atoms with Crippen molar-refractivity contribution in [1.29, 1.82) is 0 Å². The summed E-state index contributed by atoms with van der Waals surface area (Å²) in [6.07, 6.45) is 3.43. The highest BCUT2D eigenvalue weighted by atomic mass is 32.1.